The quantitative estimate of drug-likeness (QED) is 0.508. The number of ether oxygens (including phenoxy) is 1. The number of rotatable bonds is 9. The van der Waals surface area contributed by atoms with E-state index in [-0.39, 0.29) is 5.97 Å². The molecule has 18 heavy (non-hydrogen) atoms. The third-order valence-electron chi connectivity index (χ3n) is 3.35. The largest absolute Gasteiger partial charge is 0.468 e. The number of hydrogen-bond donors (Lipinski definition) is 1. The predicted octanol–water partition coefficient (Wildman–Crippen LogP) is 2.17. The van der Waals surface area contributed by atoms with Crippen LogP contribution in [0.4, 0.5) is 0 Å². The molecular formula is C14H30N2O2. The Bertz CT molecular complexity index is 240. The lowest BCUT2D eigenvalue weighted by atomic mass is 9.99. The van der Waals surface area contributed by atoms with Crippen LogP contribution in [-0.2, 0) is 9.53 Å². The zero-order chi connectivity index (χ0) is 14.2. The van der Waals surface area contributed by atoms with Crippen molar-refractivity contribution in [2.75, 3.05) is 20.2 Å². The van der Waals surface area contributed by atoms with Crippen molar-refractivity contribution < 1.29 is 9.53 Å². The molecule has 1 unspecified atom stereocenters. The molecule has 0 aliphatic heterocycles. The fourth-order valence-electron chi connectivity index (χ4n) is 1.90. The summed E-state index contributed by atoms with van der Waals surface area (Å²) < 4.78 is 4.72. The molecule has 0 aromatic rings. The Balaban J connectivity index is 4.21. The maximum atomic E-state index is 11.5. The third-order valence-corrected chi connectivity index (χ3v) is 3.35. The number of methoxy groups -OCH3 is 1. The van der Waals surface area contributed by atoms with Gasteiger partial charge in [0, 0.05) is 12.6 Å². The highest BCUT2D eigenvalue weighted by atomic mass is 16.5. The lowest BCUT2D eigenvalue weighted by Crippen LogP contribution is -2.48. The van der Waals surface area contributed by atoms with Crippen molar-refractivity contribution in [2.24, 2.45) is 5.73 Å². The molecule has 0 aromatic heterocycles. The summed E-state index contributed by atoms with van der Waals surface area (Å²) >= 11 is 0. The van der Waals surface area contributed by atoms with Crippen molar-refractivity contribution in [1.29, 1.82) is 0 Å². The summed E-state index contributed by atoms with van der Waals surface area (Å²) in [5, 5.41) is 0. The first-order chi connectivity index (χ1) is 8.35. The molecule has 0 heterocycles. The number of nitrogens with two attached hydrogens (primary N) is 1. The van der Waals surface area contributed by atoms with E-state index in [0.717, 1.165) is 13.1 Å². The van der Waals surface area contributed by atoms with Crippen molar-refractivity contribution in [3.63, 3.8) is 0 Å². The van der Waals surface area contributed by atoms with Crippen LogP contribution in [0, 0.1) is 0 Å². The average molecular weight is 258 g/mol. The summed E-state index contributed by atoms with van der Waals surface area (Å²) in [6, 6.07) is 0.482. The molecule has 0 bridgehead atoms. The molecule has 0 aliphatic carbocycles. The summed E-state index contributed by atoms with van der Waals surface area (Å²) in [5.41, 5.74) is 5.09. The normalized spacial score (nSPS) is 14.9. The molecule has 0 rings (SSSR count). The number of carbonyl (C=O) groups is 1. The van der Waals surface area contributed by atoms with Crippen LogP contribution in [0.25, 0.3) is 0 Å². The molecule has 0 aromatic carbocycles. The van der Waals surface area contributed by atoms with E-state index in [4.69, 9.17) is 10.5 Å². The number of unbranched alkanes of at least 4 members (excludes halogenated alkanes) is 2. The molecule has 4 nitrogen and oxygen atoms in total. The Labute approximate surface area is 112 Å². The van der Waals surface area contributed by atoms with Gasteiger partial charge in [0.2, 0.25) is 0 Å². The minimum absolute atomic E-state index is 0.334. The maximum Gasteiger partial charge on any atom is 0.325 e. The Kier molecular flexibility index (Phi) is 8.20. The molecule has 108 valence electrons. The first-order valence-electron chi connectivity index (χ1n) is 6.96. The van der Waals surface area contributed by atoms with E-state index < -0.39 is 5.54 Å². The molecule has 1 atom stereocenters. The van der Waals surface area contributed by atoms with Crippen LogP contribution in [-0.4, -0.2) is 42.6 Å². The molecule has 0 spiro atoms. The molecule has 0 aliphatic rings. The number of esters is 1. The second kappa shape index (κ2) is 8.48. The lowest BCUT2D eigenvalue weighted by molar-refractivity contribution is -0.146. The summed E-state index contributed by atoms with van der Waals surface area (Å²) in [4.78, 5) is 13.9. The van der Waals surface area contributed by atoms with E-state index in [9.17, 15) is 4.79 Å². The van der Waals surface area contributed by atoms with Crippen molar-refractivity contribution in [3.8, 4) is 0 Å². The Morgan fingerprint density at radius 2 is 1.94 bits per heavy atom. The number of hydrogen-bond acceptors (Lipinski definition) is 4. The second-order valence-corrected chi connectivity index (χ2v) is 5.50. The average Bonchev–Trinajstić information content (AvgIpc) is 2.31. The zero-order valence-electron chi connectivity index (χ0n) is 12.7. The standard InChI is InChI=1S/C14H30N2O2/c1-6-7-8-10-16(12(2)3)11-9-14(4,15)13(17)18-5/h12H,6-11,15H2,1-5H3. The highest BCUT2D eigenvalue weighted by molar-refractivity contribution is 5.79. The van der Waals surface area contributed by atoms with Gasteiger partial charge >= 0.3 is 5.97 Å². The molecule has 0 fully saturated rings. The first-order valence-corrected chi connectivity index (χ1v) is 6.96. The summed E-state index contributed by atoms with van der Waals surface area (Å²) in [5.74, 6) is -0.334. The molecule has 0 saturated heterocycles. The highest BCUT2D eigenvalue weighted by Crippen LogP contribution is 2.12. The fourth-order valence-corrected chi connectivity index (χ4v) is 1.90. The Morgan fingerprint density at radius 3 is 2.39 bits per heavy atom. The molecular weight excluding hydrogens is 228 g/mol. The van der Waals surface area contributed by atoms with Gasteiger partial charge in [-0.2, -0.15) is 0 Å². The summed E-state index contributed by atoms with van der Waals surface area (Å²) in [6.45, 7) is 10.2. The van der Waals surface area contributed by atoms with E-state index >= 15 is 0 Å². The van der Waals surface area contributed by atoms with Gasteiger partial charge in [0.05, 0.1) is 7.11 Å². The van der Waals surface area contributed by atoms with Gasteiger partial charge in [-0.3, -0.25) is 4.79 Å². The smallest absolute Gasteiger partial charge is 0.325 e. The molecule has 2 N–H and O–H groups in total. The number of nitrogens with zero attached hydrogens (tertiary/aromatic N) is 1. The van der Waals surface area contributed by atoms with Crippen LogP contribution in [0.2, 0.25) is 0 Å². The van der Waals surface area contributed by atoms with E-state index in [2.05, 4.69) is 25.7 Å². The van der Waals surface area contributed by atoms with Gasteiger partial charge in [-0.1, -0.05) is 19.8 Å². The molecule has 4 heteroatoms. The van der Waals surface area contributed by atoms with Crippen molar-refractivity contribution in [1.82, 2.24) is 4.90 Å². The van der Waals surface area contributed by atoms with Gasteiger partial charge in [0.1, 0.15) is 5.54 Å². The van der Waals surface area contributed by atoms with Crippen molar-refractivity contribution in [2.45, 2.75) is 65.0 Å². The van der Waals surface area contributed by atoms with Crippen LogP contribution >= 0.6 is 0 Å². The highest BCUT2D eigenvalue weighted by Gasteiger charge is 2.29. The van der Waals surface area contributed by atoms with Gasteiger partial charge in [0.25, 0.3) is 0 Å². The lowest BCUT2D eigenvalue weighted by Gasteiger charge is -2.30. The van der Waals surface area contributed by atoms with Gasteiger partial charge in [-0.05, 0) is 40.2 Å². The van der Waals surface area contributed by atoms with Crippen LogP contribution < -0.4 is 5.73 Å². The van der Waals surface area contributed by atoms with Gasteiger partial charge in [-0.25, -0.2) is 0 Å². The minimum Gasteiger partial charge on any atom is -0.468 e. The summed E-state index contributed by atoms with van der Waals surface area (Å²) in [6.07, 6.45) is 4.31. The van der Waals surface area contributed by atoms with Crippen molar-refractivity contribution >= 4 is 5.97 Å². The fraction of sp³-hybridized carbons (Fsp3) is 0.929. The monoisotopic (exact) mass is 258 g/mol. The van der Waals surface area contributed by atoms with Crippen LogP contribution in [0.15, 0.2) is 0 Å². The van der Waals surface area contributed by atoms with Crippen molar-refractivity contribution in [3.05, 3.63) is 0 Å². The van der Waals surface area contributed by atoms with E-state index in [1.165, 1.54) is 26.4 Å². The maximum absolute atomic E-state index is 11.5. The predicted molar refractivity (Wildman–Crippen MR) is 75.5 cm³/mol. The molecule has 0 amide bonds. The molecule has 0 radical (unpaired) electrons. The number of carbonyl (C=O) groups excluding carboxylic acids is 1. The molecule has 0 saturated carbocycles. The van der Waals surface area contributed by atoms with E-state index in [1.807, 2.05) is 0 Å². The van der Waals surface area contributed by atoms with E-state index in [0.29, 0.717) is 12.5 Å². The minimum atomic E-state index is -0.882. The van der Waals surface area contributed by atoms with Crippen LogP contribution in [0.3, 0.4) is 0 Å². The van der Waals surface area contributed by atoms with Gasteiger partial charge in [-0.15, -0.1) is 0 Å². The van der Waals surface area contributed by atoms with Crippen LogP contribution in [0.1, 0.15) is 53.4 Å². The van der Waals surface area contributed by atoms with Gasteiger partial charge < -0.3 is 15.4 Å². The first kappa shape index (κ1) is 17.4. The topological polar surface area (TPSA) is 55.6 Å². The SMILES string of the molecule is CCCCCN(CCC(C)(N)C(=O)OC)C(C)C. The Morgan fingerprint density at radius 1 is 1.33 bits per heavy atom. The van der Waals surface area contributed by atoms with Crippen LogP contribution in [0.5, 0.6) is 0 Å². The van der Waals surface area contributed by atoms with Gasteiger partial charge in [0.15, 0.2) is 0 Å². The third kappa shape index (κ3) is 6.36. The Hall–Kier alpha value is -0.610. The zero-order valence-corrected chi connectivity index (χ0v) is 12.7. The van der Waals surface area contributed by atoms with E-state index in [1.54, 1.807) is 6.92 Å². The second-order valence-electron chi connectivity index (χ2n) is 5.50. The summed E-state index contributed by atoms with van der Waals surface area (Å²) in [7, 11) is 1.38.